The van der Waals surface area contributed by atoms with Crippen molar-refractivity contribution in [3.05, 3.63) is 62.5 Å². The molecule has 0 aliphatic rings. The molecule has 6 heteroatoms. The lowest BCUT2D eigenvalue weighted by Gasteiger charge is -2.34. The molecule has 0 atom stereocenters. The van der Waals surface area contributed by atoms with Gasteiger partial charge in [-0.2, -0.15) is 0 Å². The van der Waals surface area contributed by atoms with Crippen molar-refractivity contribution >= 4 is 59.0 Å². The van der Waals surface area contributed by atoms with Gasteiger partial charge < -0.3 is 4.57 Å². The van der Waals surface area contributed by atoms with Gasteiger partial charge in [0.15, 0.2) is 8.24 Å². The number of hydrogen-bond donors (Lipinski definition) is 0. The largest absolute Gasteiger partial charge is 0.337 e. The molecule has 22 heavy (non-hydrogen) atoms. The normalized spacial score (nSPS) is 11.4. The summed E-state index contributed by atoms with van der Waals surface area (Å²) in [5.41, 5.74) is 1.37. The van der Waals surface area contributed by atoms with Crippen molar-refractivity contribution < 1.29 is 4.79 Å². The van der Waals surface area contributed by atoms with Crippen molar-refractivity contribution in [3.8, 4) is 0 Å². The predicted octanol–water partition coefficient (Wildman–Crippen LogP) is 6.24. The Bertz CT molecular complexity index is 695. The summed E-state index contributed by atoms with van der Waals surface area (Å²) < 4.78 is 2.71. The summed E-state index contributed by atoms with van der Waals surface area (Å²) in [6, 6.07) is 12.6. The number of carbonyl (C=O) groups is 1. The molecule has 0 saturated heterocycles. The number of anilines is 1. The van der Waals surface area contributed by atoms with Crippen LogP contribution in [0.15, 0.2) is 46.9 Å². The van der Waals surface area contributed by atoms with Crippen LogP contribution in [0.2, 0.25) is 29.7 Å². The molecule has 0 spiro atoms. The van der Waals surface area contributed by atoms with Crippen LogP contribution in [0.4, 0.5) is 5.69 Å². The van der Waals surface area contributed by atoms with Gasteiger partial charge in [-0.05, 0) is 36.4 Å². The maximum absolute atomic E-state index is 13.0. The van der Waals surface area contributed by atoms with E-state index in [4.69, 9.17) is 23.2 Å². The van der Waals surface area contributed by atoms with Crippen LogP contribution in [-0.4, -0.2) is 14.1 Å². The van der Waals surface area contributed by atoms with Crippen molar-refractivity contribution in [2.24, 2.45) is 0 Å². The van der Waals surface area contributed by atoms with Crippen molar-refractivity contribution in [2.45, 2.75) is 19.6 Å². The lowest BCUT2D eigenvalue weighted by Crippen LogP contribution is -2.50. The fourth-order valence-electron chi connectivity index (χ4n) is 2.23. The first kappa shape index (κ1) is 17.5. The number of carbonyl (C=O) groups excluding carboxylic acids is 1. The standard InChI is InChI=1S/C16H16BrCl2NOSi/c1-22(2,3)20(15-9-13(18)8-14(19)10-15)16(21)11-5-4-6-12(17)7-11/h4-10H,1-3H3. The maximum Gasteiger partial charge on any atom is 0.250 e. The van der Waals surface area contributed by atoms with Crippen molar-refractivity contribution in [1.29, 1.82) is 0 Å². The van der Waals surface area contributed by atoms with Crippen LogP contribution < -0.4 is 4.57 Å². The third-order valence-electron chi connectivity index (χ3n) is 3.05. The van der Waals surface area contributed by atoms with Gasteiger partial charge in [0.1, 0.15) is 0 Å². The first-order valence-electron chi connectivity index (χ1n) is 6.75. The highest BCUT2D eigenvalue weighted by Crippen LogP contribution is 2.30. The summed E-state index contributed by atoms with van der Waals surface area (Å²) in [6.07, 6.45) is 0. The zero-order valence-corrected chi connectivity index (χ0v) is 16.6. The molecule has 0 radical (unpaired) electrons. The maximum atomic E-state index is 13.0. The van der Waals surface area contributed by atoms with Gasteiger partial charge in [-0.15, -0.1) is 0 Å². The minimum absolute atomic E-state index is 0.0428. The Kier molecular flexibility index (Phi) is 5.38. The topological polar surface area (TPSA) is 20.3 Å². The van der Waals surface area contributed by atoms with Gasteiger partial charge in [-0.25, -0.2) is 0 Å². The molecule has 2 aromatic rings. The van der Waals surface area contributed by atoms with Crippen LogP contribution in [-0.2, 0) is 0 Å². The molecule has 2 rings (SSSR count). The molecule has 0 fully saturated rings. The molecule has 2 nitrogen and oxygen atoms in total. The Balaban J connectivity index is 2.54. The molecule has 0 aliphatic carbocycles. The summed E-state index contributed by atoms with van der Waals surface area (Å²) in [7, 11) is -1.99. The van der Waals surface area contributed by atoms with Gasteiger partial charge in [0.05, 0.1) is 0 Å². The number of amides is 1. The Morgan fingerprint density at radius 2 is 1.64 bits per heavy atom. The second kappa shape index (κ2) is 6.75. The van der Waals surface area contributed by atoms with E-state index in [1.54, 1.807) is 18.2 Å². The Morgan fingerprint density at radius 1 is 1.05 bits per heavy atom. The van der Waals surface area contributed by atoms with E-state index in [1.807, 2.05) is 28.8 Å². The molecule has 0 aromatic heterocycles. The zero-order valence-electron chi connectivity index (χ0n) is 12.5. The Hall–Kier alpha value is -0.813. The summed E-state index contributed by atoms with van der Waals surface area (Å²) in [5, 5.41) is 1.04. The zero-order chi connectivity index (χ0) is 16.5. The summed E-state index contributed by atoms with van der Waals surface area (Å²) in [4.78, 5) is 13.0. The monoisotopic (exact) mass is 415 g/mol. The number of nitrogens with zero attached hydrogens (tertiary/aromatic N) is 1. The fraction of sp³-hybridized carbons (Fsp3) is 0.188. The fourth-order valence-corrected chi connectivity index (χ4v) is 4.78. The lowest BCUT2D eigenvalue weighted by molar-refractivity contribution is 0.100. The van der Waals surface area contributed by atoms with Gasteiger partial charge in [-0.3, -0.25) is 4.79 Å². The first-order chi connectivity index (χ1) is 10.2. The van der Waals surface area contributed by atoms with E-state index in [2.05, 4.69) is 35.6 Å². The van der Waals surface area contributed by atoms with E-state index in [0.717, 1.165) is 10.2 Å². The minimum atomic E-state index is -1.99. The quantitative estimate of drug-likeness (QED) is 0.542. The van der Waals surface area contributed by atoms with Gasteiger partial charge in [-0.1, -0.05) is 64.8 Å². The van der Waals surface area contributed by atoms with E-state index in [9.17, 15) is 4.79 Å². The first-order valence-corrected chi connectivity index (χ1v) is 11.7. The average Bonchev–Trinajstić information content (AvgIpc) is 2.35. The average molecular weight is 417 g/mol. The number of hydrogen-bond acceptors (Lipinski definition) is 1. The smallest absolute Gasteiger partial charge is 0.250 e. The molecule has 0 saturated carbocycles. The number of halogens is 3. The Labute approximate surface area is 150 Å². The second-order valence-corrected chi connectivity index (χ2v) is 12.5. The van der Waals surface area contributed by atoms with Crippen molar-refractivity contribution in [3.63, 3.8) is 0 Å². The summed E-state index contributed by atoms with van der Waals surface area (Å²) in [6.45, 7) is 6.33. The van der Waals surface area contributed by atoms with Crippen molar-refractivity contribution in [2.75, 3.05) is 4.57 Å². The van der Waals surface area contributed by atoms with Crippen LogP contribution >= 0.6 is 39.1 Å². The second-order valence-electron chi connectivity index (χ2n) is 5.95. The van der Waals surface area contributed by atoms with Gasteiger partial charge in [0.25, 0.3) is 0 Å². The van der Waals surface area contributed by atoms with E-state index < -0.39 is 8.24 Å². The SMILES string of the molecule is C[Si](C)(C)N(C(=O)c1cccc(Br)c1)c1cc(Cl)cc(Cl)c1. The molecule has 0 heterocycles. The molecule has 0 aliphatic heterocycles. The molecule has 0 bridgehead atoms. The molecule has 0 N–H and O–H groups in total. The number of rotatable bonds is 3. The van der Waals surface area contributed by atoms with Crippen LogP contribution in [0.25, 0.3) is 0 Å². The highest BCUT2D eigenvalue weighted by molar-refractivity contribution is 9.10. The van der Waals surface area contributed by atoms with Gasteiger partial charge >= 0.3 is 0 Å². The predicted molar refractivity (Wildman–Crippen MR) is 101 cm³/mol. The highest BCUT2D eigenvalue weighted by Gasteiger charge is 2.31. The third kappa shape index (κ3) is 4.13. The molecule has 1 amide bonds. The highest BCUT2D eigenvalue weighted by atomic mass is 79.9. The van der Waals surface area contributed by atoms with Crippen LogP contribution in [0.5, 0.6) is 0 Å². The molecular formula is C16H16BrCl2NOSi. The van der Waals surface area contributed by atoms with Crippen LogP contribution in [0.1, 0.15) is 10.4 Å². The molecule has 116 valence electrons. The minimum Gasteiger partial charge on any atom is -0.337 e. The summed E-state index contributed by atoms with van der Waals surface area (Å²) in [5.74, 6) is -0.0428. The van der Waals surface area contributed by atoms with E-state index in [0.29, 0.717) is 15.6 Å². The van der Waals surface area contributed by atoms with Crippen LogP contribution in [0.3, 0.4) is 0 Å². The van der Waals surface area contributed by atoms with Crippen LogP contribution in [0, 0.1) is 0 Å². The Morgan fingerprint density at radius 3 is 2.14 bits per heavy atom. The van der Waals surface area contributed by atoms with E-state index in [-0.39, 0.29) is 5.91 Å². The number of benzene rings is 2. The van der Waals surface area contributed by atoms with E-state index in [1.165, 1.54) is 0 Å². The van der Waals surface area contributed by atoms with Gasteiger partial charge in [0.2, 0.25) is 5.91 Å². The van der Waals surface area contributed by atoms with Crippen molar-refractivity contribution in [1.82, 2.24) is 0 Å². The third-order valence-corrected chi connectivity index (χ3v) is 5.78. The molecule has 0 unspecified atom stereocenters. The van der Waals surface area contributed by atoms with E-state index >= 15 is 0 Å². The molecular weight excluding hydrogens is 401 g/mol. The lowest BCUT2D eigenvalue weighted by atomic mass is 10.2. The van der Waals surface area contributed by atoms with Gasteiger partial charge in [0, 0.05) is 25.8 Å². The molecule has 2 aromatic carbocycles. The summed E-state index contributed by atoms with van der Waals surface area (Å²) >= 11 is 15.6.